The first-order valence-corrected chi connectivity index (χ1v) is 4.74. The minimum atomic E-state index is -0.828. The summed E-state index contributed by atoms with van der Waals surface area (Å²) in [4.78, 5) is 0. The molecule has 0 amide bonds. The van der Waals surface area contributed by atoms with Crippen LogP contribution in [0.25, 0.3) is 0 Å². The van der Waals surface area contributed by atoms with E-state index in [1.54, 1.807) is 13.1 Å². The highest BCUT2D eigenvalue weighted by molar-refractivity contribution is 5.21. The van der Waals surface area contributed by atoms with Crippen LogP contribution in [-0.2, 0) is 0 Å². The van der Waals surface area contributed by atoms with Crippen molar-refractivity contribution in [3.8, 4) is 12.3 Å². The standard InChI is InChI=1S/C12H13F2N/c1-3-4-5-12(15-2)9-6-7-10(13)11(14)8-9/h1,6-8,12,15H,4-5H2,2H3. The second-order valence-corrected chi connectivity index (χ2v) is 3.26. The second kappa shape index (κ2) is 5.47. The van der Waals surface area contributed by atoms with Gasteiger partial charge < -0.3 is 5.32 Å². The van der Waals surface area contributed by atoms with Crippen LogP contribution in [0.5, 0.6) is 0 Å². The van der Waals surface area contributed by atoms with Crippen LogP contribution >= 0.6 is 0 Å². The van der Waals surface area contributed by atoms with Crippen LogP contribution < -0.4 is 5.32 Å². The molecule has 0 spiro atoms. The molecule has 3 heteroatoms. The van der Waals surface area contributed by atoms with Crippen molar-refractivity contribution in [2.24, 2.45) is 0 Å². The molecule has 1 rings (SSSR count). The fraction of sp³-hybridized carbons (Fsp3) is 0.333. The third-order valence-corrected chi connectivity index (χ3v) is 2.27. The molecular formula is C12H13F2N. The normalized spacial score (nSPS) is 12.1. The maximum atomic E-state index is 13.0. The van der Waals surface area contributed by atoms with E-state index in [4.69, 9.17) is 6.42 Å². The maximum Gasteiger partial charge on any atom is 0.159 e. The fourth-order valence-corrected chi connectivity index (χ4v) is 1.43. The van der Waals surface area contributed by atoms with Gasteiger partial charge in [-0.25, -0.2) is 8.78 Å². The number of benzene rings is 1. The molecule has 1 aromatic rings. The Kier molecular flexibility index (Phi) is 4.26. The van der Waals surface area contributed by atoms with Gasteiger partial charge in [-0.1, -0.05) is 6.07 Å². The van der Waals surface area contributed by atoms with E-state index in [-0.39, 0.29) is 6.04 Å². The van der Waals surface area contributed by atoms with Crippen molar-refractivity contribution in [3.63, 3.8) is 0 Å². The van der Waals surface area contributed by atoms with E-state index in [9.17, 15) is 8.78 Å². The molecule has 1 unspecified atom stereocenters. The predicted octanol–water partition coefficient (Wildman–Crippen LogP) is 2.64. The van der Waals surface area contributed by atoms with Crippen molar-refractivity contribution >= 4 is 0 Å². The van der Waals surface area contributed by atoms with E-state index in [0.29, 0.717) is 18.4 Å². The molecule has 15 heavy (non-hydrogen) atoms. The summed E-state index contributed by atoms with van der Waals surface area (Å²) in [6, 6.07) is 3.87. The van der Waals surface area contributed by atoms with E-state index >= 15 is 0 Å². The fourth-order valence-electron chi connectivity index (χ4n) is 1.43. The third kappa shape index (κ3) is 3.03. The first kappa shape index (κ1) is 11.7. The van der Waals surface area contributed by atoms with Gasteiger partial charge in [0.1, 0.15) is 0 Å². The molecule has 1 atom stereocenters. The third-order valence-electron chi connectivity index (χ3n) is 2.27. The summed E-state index contributed by atoms with van der Waals surface area (Å²) in [6.45, 7) is 0. The molecular weight excluding hydrogens is 196 g/mol. The Bertz CT molecular complexity index is 368. The lowest BCUT2D eigenvalue weighted by Gasteiger charge is -2.15. The molecule has 0 fully saturated rings. The van der Waals surface area contributed by atoms with Crippen LogP contribution in [0.15, 0.2) is 18.2 Å². The molecule has 1 N–H and O–H groups in total. The molecule has 1 nitrogen and oxygen atoms in total. The van der Waals surface area contributed by atoms with Crippen LogP contribution in [0, 0.1) is 24.0 Å². The van der Waals surface area contributed by atoms with Crippen LogP contribution in [0.4, 0.5) is 8.78 Å². The Hall–Kier alpha value is -1.40. The number of hydrogen-bond acceptors (Lipinski definition) is 1. The van der Waals surface area contributed by atoms with Gasteiger partial charge >= 0.3 is 0 Å². The Balaban J connectivity index is 2.83. The highest BCUT2D eigenvalue weighted by Gasteiger charge is 2.10. The molecule has 0 aliphatic carbocycles. The Morgan fingerprint density at radius 3 is 2.67 bits per heavy atom. The van der Waals surface area contributed by atoms with Crippen LogP contribution in [0.2, 0.25) is 0 Å². The Morgan fingerprint density at radius 1 is 1.40 bits per heavy atom. The van der Waals surface area contributed by atoms with Crippen molar-refractivity contribution in [3.05, 3.63) is 35.4 Å². The zero-order chi connectivity index (χ0) is 11.3. The largest absolute Gasteiger partial charge is 0.313 e. The minimum absolute atomic E-state index is 0.0313. The van der Waals surface area contributed by atoms with Gasteiger partial charge in [0.15, 0.2) is 11.6 Å². The number of terminal acetylenes is 1. The van der Waals surface area contributed by atoms with E-state index < -0.39 is 11.6 Å². The highest BCUT2D eigenvalue weighted by Crippen LogP contribution is 2.19. The summed E-state index contributed by atoms with van der Waals surface area (Å²) in [5.41, 5.74) is 0.714. The first-order chi connectivity index (χ1) is 7.19. The lowest BCUT2D eigenvalue weighted by atomic mass is 10.0. The van der Waals surface area contributed by atoms with Gasteiger partial charge in [-0.2, -0.15) is 0 Å². The van der Waals surface area contributed by atoms with Crippen molar-refractivity contribution in [2.45, 2.75) is 18.9 Å². The van der Waals surface area contributed by atoms with Crippen LogP contribution in [0.3, 0.4) is 0 Å². The molecule has 0 saturated heterocycles. The van der Waals surface area contributed by atoms with E-state index in [1.807, 2.05) is 0 Å². The molecule has 0 radical (unpaired) electrons. The smallest absolute Gasteiger partial charge is 0.159 e. The van der Waals surface area contributed by atoms with Gasteiger partial charge in [0, 0.05) is 12.5 Å². The zero-order valence-corrected chi connectivity index (χ0v) is 8.56. The molecule has 0 aromatic heterocycles. The van der Waals surface area contributed by atoms with Gasteiger partial charge in [0.05, 0.1) is 0 Å². The molecule has 80 valence electrons. The van der Waals surface area contributed by atoms with Crippen LogP contribution in [-0.4, -0.2) is 7.05 Å². The van der Waals surface area contributed by atoms with Gasteiger partial charge in [0.25, 0.3) is 0 Å². The monoisotopic (exact) mass is 209 g/mol. The Morgan fingerprint density at radius 2 is 2.13 bits per heavy atom. The summed E-state index contributed by atoms with van der Waals surface area (Å²) >= 11 is 0. The number of halogens is 2. The molecule has 0 heterocycles. The lowest BCUT2D eigenvalue weighted by Crippen LogP contribution is -2.16. The second-order valence-electron chi connectivity index (χ2n) is 3.26. The summed E-state index contributed by atoms with van der Waals surface area (Å²) in [5.74, 6) is 0.867. The minimum Gasteiger partial charge on any atom is -0.313 e. The molecule has 1 aromatic carbocycles. The van der Waals surface area contributed by atoms with Crippen molar-refractivity contribution in [2.75, 3.05) is 7.05 Å². The lowest BCUT2D eigenvalue weighted by molar-refractivity contribution is 0.498. The average Bonchev–Trinajstić information content (AvgIpc) is 2.24. The first-order valence-electron chi connectivity index (χ1n) is 4.74. The average molecular weight is 209 g/mol. The number of nitrogens with one attached hydrogen (secondary N) is 1. The van der Waals surface area contributed by atoms with E-state index in [2.05, 4.69) is 11.2 Å². The summed E-state index contributed by atoms with van der Waals surface area (Å²) in [5, 5.41) is 3.02. The summed E-state index contributed by atoms with van der Waals surface area (Å²) in [7, 11) is 1.77. The van der Waals surface area contributed by atoms with Gasteiger partial charge in [-0.3, -0.25) is 0 Å². The molecule has 0 bridgehead atoms. The highest BCUT2D eigenvalue weighted by atomic mass is 19.2. The molecule has 0 aliphatic rings. The van der Waals surface area contributed by atoms with Gasteiger partial charge in [0.2, 0.25) is 0 Å². The number of hydrogen-bond donors (Lipinski definition) is 1. The SMILES string of the molecule is C#CCCC(NC)c1ccc(F)c(F)c1. The predicted molar refractivity (Wildman–Crippen MR) is 56.2 cm³/mol. The number of rotatable bonds is 4. The maximum absolute atomic E-state index is 13.0. The van der Waals surface area contributed by atoms with Gasteiger partial charge in [-0.15, -0.1) is 12.3 Å². The summed E-state index contributed by atoms with van der Waals surface area (Å²) < 4.78 is 25.6. The summed E-state index contributed by atoms with van der Waals surface area (Å²) in [6.07, 6.45) is 6.46. The zero-order valence-electron chi connectivity index (χ0n) is 8.56. The van der Waals surface area contributed by atoms with Gasteiger partial charge in [-0.05, 0) is 31.2 Å². The molecule has 0 saturated carbocycles. The van der Waals surface area contributed by atoms with E-state index in [0.717, 1.165) is 6.07 Å². The van der Waals surface area contributed by atoms with Crippen LogP contribution in [0.1, 0.15) is 24.4 Å². The quantitative estimate of drug-likeness (QED) is 0.752. The van der Waals surface area contributed by atoms with Crippen molar-refractivity contribution < 1.29 is 8.78 Å². The van der Waals surface area contributed by atoms with Crippen molar-refractivity contribution in [1.29, 1.82) is 0 Å². The van der Waals surface area contributed by atoms with Crippen molar-refractivity contribution in [1.82, 2.24) is 5.32 Å². The van der Waals surface area contributed by atoms with E-state index in [1.165, 1.54) is 6.07 Å². The Labute approximate surface area is 88.5 Å². The topological polar surface area (TPSA) is 12.0 Å². The molecule has 0 aliphatic heterocycles.